The Balaban J connectivity index is 1.41. The van der Waals surface area contributed by atoms with E-state index < -0.39 is 0 Å². The smallest absolute Gasteiger partial charge is 0.143 e. The minimum atomic E-state index is 0.489. The molecule has 3 aromatic rings. The second kappa shape index (κ2) is 5.32. The highest BCUT2D eigenvalue weighted by Crippen LogP contribution is 2.37. The molecular weight excluding hydrogens is 308 g/mol. The van der Waals surface area contributed by atoms with Crippen LogP contribution >= 0.6 is 11.3 Å². The van der Waals surface area contributed by atoms with E-state index in [-0.39, 0.29) is 0 Å². The number of rotatable bonds is 3. The molecule has 0 spiro atoms. The Labute approximate surface area is 138 Å². The average molecular weight is 326 g/mol. The van der Waals surface area contributed by atoms with Crippen molar-refractivity contribution in [3.63, 3.8) is 0 Å². The van der Waals surface area contributed by atoms with E-state index in [9.17, 15) is 0 Å². The summed E-state index contributed by atoms with van der Waals surface area (Å²) in [6.07, 6.45) is 6.41. The minimum Gasteiger partial charge on any atom is -0.464 e. The molecule has 118 valence electrons. The molecule has 6 rings (SSSR count). The second-order valence-electron chi connectivity index (χ2n) is 6.43. The molecule has 0 aliphatic carbocycles. The lowest BCUT2D eigenvalue weighted by atomic mass is 9.84. The maximum atomic E-state index is 5.47. The zero-order valence-electron chi connectivity index (χ0n) is 12.8. The van der Waals surface area contributed by atoms with Crippen molar-refractivity contribution >= 4 is 11.3 Å². The van der Waals surface area contributed by atoms with Crippen LogP contribution in [0.25, 0.3) is 21.2 Å². The fourth-order valence-electron chi connectivity index (χ4n) is 3.81. The molecular formula is C17H18N4OS. The van der Waals surface area contributed by atoms with Crippen molar-refractivity contribution in [1.29, 1.82) is 0 Å². The van der Waals surface area contributed by atoms with Crippen LogP contribution in [0.1, 0.15) is 18.9 Å². The molecule has 23 heavy (non-hydrogen) atoms. The van der Waals surface area contributed by atoms with E-state index in [1.165, 1.54) is 25.9 Å². The van der Waals surface area contributed by atoms with E-state index in [0.29, 0.717) is 6.04 Å². The van der Waals surface area contributed by atoms with Gasteiger partial charge in [0.1, 0.15) is 11.5 Å². The number of aromatic nitrogens is 3. The summed E-state index contributed by atoms with van der Waals surface area (Å²) in [6.45, 7) is 3.62. The molecule has 0 N–H and O–H groups in total. The van der Waals surface area contributed by atoms with Crippen molar-refractivity contribution in [2.75, 3.05) is 19.6 Å². The lowest BCUT2D eigenvalue weighted by Crippen LogP contribution is -2.48. The molecule has 3 aromatic heterocycles. The highest BCUT2D eigenvalue weighted by molar-refractivity contribution is 7.18. The molecule has 1 unspecified atom stereocenters. The Morgan fingerprint density at radius 3 is 2.74 bits per heavy atom. The Morgan fingerprint density at radius 1 is 1.13 bits per heavy atom. The van der Waals surface area contributed by atoms with E-state index in [0.717, 1.165) is 33.7 Å². The summed E-state index contributed by atoms with van der Waals surface area (Å²) in [5.41, 5.74) is 0.962. The molecule has 5 nitrogen and oxygen atoms in total. The maximum absolute atomic E-state index is 5.47. The molecule has 3 aliphatic rings. The van der Waals surface area contributed by atoms with Crippen LogP contribution in [-0.4, -0.2) is 39.5 Å². The quantitative estimate of drug-likeness (QED) is 0.739. The van der Waals surface area contributed by atoms with Crippen molar-refractivity contribution in [2.24, 2.45) is 5.92 Å². The number of thiophene rings is 1. The van der Waals surface area contributed by atoms with Gasteiger partial charge < -0.3 is 9.32 Å². The summed E-state index contributed by atoms with van der Waals surface area (Å²) >= 11 is 1.70. The van der Waals surface area contributed by atoms with Gasteiger partial charge in [-0.05, 0) is 56.1 Å². The van der Waals surface area contributed by atoms with Gasteiger partial charge in [-0.15, -0.1) is 16.4 Å². The zero-order valence-corrected chi connectivity index (χ0v) is 13.6. The van der Waals surface area contributed by atoms with E-state index in [1.807, 2.05) is 12.1 Å². The summed E-state index contributed by atoms with van der Waals surface area (Å²) in [6, 6.07) is 8.58. The SMILES string of the molecule is c1coc(-c2ccc(-c3cn(C4CN5CCC4CC5)nn3)s2)c1. The Kier molecular flexibility index (Phi) is 3.12. The summed E-state index contributed by atoms with van der Waals surface area (Å²) in [5, 5.41) is 8.84. The van der Waals surface area contributed by atoms with Crippen molar-refractivity contribution in [3.8, 4) is 21.2 Å². The molecule has 0 aromatic carbocycles. The third kappa shape index (κ3) is 2.33. The number of hydrogen-bond donors (Lipinski definition) is 0. The Hall–Kier alpha value is -1.92. The highest BCUT2D eigenvalue weighted by atomic mass is 32.1. The number of furan rings is 1. The van der Waals surface area contributed by atoms with E-state index in [2.05, 4.69) is 38.2 Å². The Morgan fingerprint density at radius 2 is 2.00 bits per heavy atom. The Bertz CT molecular complexity index is 798. The third-order valence-corrected chi connectivity index (χ3v) is 6.22. The zero-order chi connectivity index (χ0) is 15.2. The van der Waals surface area contributed by atoms with E-state index in [1.54, 1.807) is 17.6 Å². The van der Waals surface area contributed by atoms with Crippen LogP contribution in [0.3, 0.4) is 0 Å². The van der Waals surface area contributed by atoms with Crippen molar-refractivity contribution < 1.29 is 4.42 Å². The summed E-state index contributed by atoms with van der Waals surface area (Å²) in [7, 11) is 0. The third-order valence-electron chi connectivity index (χ3n) is 5.09. The van der Waals surface area contributed by atoms with Gasteiger partial charge in [0.2, 0.25) is 0 Å². The molecule has 3 aliphatic heterocycles. The van der Waals surface area contributed by atoms with Gasteiger partial charge in [-0.25, -0.2) is 4.68 Å². The van der Waals surface area contributed by atoms with Gasteiger partial charge in [0.05, 0.1) is 28.3 Å². The molecule has 2 bridgehead atoms. The first-order chi connectivity index (χ1) is 11.4. The molecule has 0 amide bonds. The van der Waals surface area contributed by atoms with E-state index in [4.69, 9.17) is 4.42 Å². The lowest BCUT2D eigenvalue weighted by Gasteiger charge is -2.44. The van der Waals surface area contributed by atoms with Crippen molar-refractivity contribution in [3.05, 3.63) is 36.7 Å². The van der Waals surface area contributed by atoms with Crippen LogP contribution in [0, 0.1) is 5.92 Å². The first kappa shape index (κ1) is 13.5. The molecule has 3 saturated heterocycles. The van der Waals surface area contributed by atoms with Crippen LogP contribution in [0.5, 0.6) is 0 Å². The van der Waals surface area contributed by atoms with Crippen LogP contribution in [-0.2, 0) is 0 Å². The number of nitrogens with zero attached hydrogens (tertiary/aromatic N) is 4. The van der Waals surface area contributed by atoms with Gasteiger partial charge in [-0.2, -0.15) is 0 Å². The molecule has 6 heterocycles. The van der Waals surface area contributed by atoms with E-state index >= 15 is 0 Å². The highest BCUT2D eigenvalue weighted by Gasteiger charge is 2.35. The predicted octanol–water partition coefficient (Wildman–Crippen LogP) is 3.53. The molecule has 0 saturated carbocycles. The normalized spacial score (nSPS) is 26.7. The topological polar surface area (TPSA) is 47.1 Å². The number of piperidine rings is 3. The van der Waals surface area contributed by atoms with Gasteiger partial charge in [0, 0.05) is 6.54 Å². The summed E-state index contributed by atoms with van der Waals surface area (Å²) in [4.78, 5) is 4.82. The maximum Gasteiger partial charge on any atom is 0.143 e. The standard InChI is InChI=1S/C17H18N4OS/c1-2-15(22-9-1)17-4-3-16(23-17)13-10-21(19-18-13)14-11-20-7-5-12(14)6-8-20/h1-4,9-10,12,14H,5-8,11H2. The van der Waals surface area contributed by atoms with Crippen LogP contribution in [0.4, 0.5) is 0 Å². The monoisotopic (exact) mass is 326 g/mol. The first-order valence-corrected chi connectivity index (χ1v) is 8.97. The van der Waals surface area contributed by atoms with Gasteiger partial charge >= 0.3 is 0 Å². The minimum absolute atomic E-state index is 0.489. The fraction of sp³-hybridized carbons (Fsp3) is 0.412. The number of fused-ring (bicyclic) bond motifs is 3. The van der Waals surface area contributed by atoms with Gasteiger partial charge in [-0.1, -0.05) is 5.21 Å². The largest absolute Gasteiger partial charge is 0.464 e. The molecule has 6 heteroatoms. The second-order valence-corrected chi connectivity index (χ2v) is 7.51. The summed E-state index contributed by atoms with van der Waals surface area (Å²) in [5.74, 6) is 1.67. The van der Waals surface area contributed by atoms with Gasteiger partial charge in [-0.3, -0.25) is 0 Å². The molecule has 1 atom stereocenters. The number of hydrogen-bond acceptors (Lipinski definition) is 5. The average Bonchev–Trinajstić information content (AvgIpc) is 3.35. The predicted molar refractivity (Wildman–Crippen MR) is 89.2 cm³/mol. The lowest BCUT2D eigenvalue weighted by molar-refractivity contribution is 0.0504. The van der Waals surface area contributed by atoms with Crippen molar-refractivity contribution in [1.82, 2.24) is 19.9 Å². The van der Waals surface area contributed by atoms with Gasteiger partial charge in [0.15, 0.2) is 0 Å². The molecule has 0 radical (unpaired) electrons. The van der Waals surface area contributed by atoms with Gasteiger partial charge in [0.25, 0.3) is 0 Å². The van der Waals surface area contributed by atoms with Crippen molar-refractivity contribution in [2.45, 2.75) is 18.9 Å². The summed E-state index contributed by atoms with van der Waals surface area (Å²) < 4.78 is 7.56. The fourth-order valence-corrected chi connectivity index (χ4v) is 4.74. The first-order valence-electron chi connectivity index (χ1n) is 8.15. The van der Waals surface area contributed by atoms with Crippen LogP contribution in [0.2, 0.25) is 0 Å². The van der Waals surface area contributed by atoms with Crippen LogP contribution in [0.15, 0.2) is 41.1 Å². The van der Waals surface area contributed by atoms with Crippen LogP contribution < -0.4 is 0 Å². The molecule has 3 fully saturated rings.